The molecule has 2 aromatic carbocycles. The maximum atomic E-state index is 11.2. The maximum absolute atomic E-state index is 11.2. The number of carbonyl (C=O) groups is 1. The molecular formula is C16H14N2O2. The van der Waals surface area contributed by atoms with Crippen molar-refractivity contribution in [1.82, 2.24) is 0 Å². The van der Waals surface area contributed by atoms with E-state index in [4.69, 9.17) is 10.00 Å². The summed E-state index contributed by atoms with van der Waals surface area (Å²) in [7, 11) is 0. The van der Waals surface area contributed by atoms with E-state index < -0.39 is 0 Å². The molecule has 0 unspecified atom stereocenters. The highest BCUT2D eigenvalue weighted by Crippen LogP contribution is 2.17. The predicted octanol–water partition coefficient (Wildman–Crippen LogP) is 3.12. The molecule has 0 saturated carbocycles. The summed E-state index contributed by atoms with van der Waals surface area (Å²) in [5.74, 6) is 0.414. The van der Waals surface area contributed by atoms with Crippen LogP contribution < -0.4 is 10.1 Å². The molecule has 4 heteroatoms. The normalized spacial score (nSPS) is 9.55. The van der Waals surface area contributed by atoms with E-state index in [-0.39, 0.29) is 12.3 Å². The average molecular weight is 266 g/mol. The van der Waals surface area contributed by atoms with Crippen molar-refractivity contribution in [2.24, 2.45) is 0 Å². The number of hydrogen-bond acceptors (Lipinski definition) is 3. The SMILES string of the molecule is N#CCC(=O)Nc1ccc(OCc2ccccc2)cc1. The Morgan fingerprint density at radius 2 is 1.80 bits per heavy atom. The van der Waals surface area contributed by atoms with E-state index in [0.717, 1.165) is 11.3 Å². The molecule has 0 heterocycles. The van der Waals surface area contributed by atoms with Crippen LogP contribution in [0.25, 0.3) is 0 Å². The third kappa shape index (κ3) is 4.14. The van der Waals surface area contributed by atoms with Crippen molar-refractivity contribution in [2.45, 2.75) is 13.0 Å². The number of carbonyl (C=O) groups excluding carboxylic acids is 1. The van der Waals surface area contributed by atoms with Gasteiger partial charge in [-0.05, 0) is 29.8 Å². The van der Waals surface area contributed by atoms with Gasteiger partial charge in [0.15, 0.2) is 0 Å². The van der Waals surface area contributed by atoms with E-state index in [2.05, 4.69) is 5.32 Å². The van der Waals surface area contributed by atoms with E-state index in [9.17, 15) is 4.79 Å². The van der Waals surface area contributed by atoms with Gasteiger partial charge in [-0.3, -0.25) is 4.79 Å². The number of nitrogens with one attached hydrogen (secondary N) is 1. The van der Waals surface area contributed by atoms with Crippen LogP contribution in [0, 0.1) is 11.3 Å². The molecule has 0 fully saturated rings. The van der Waals surface area contributed by atoms with Crippen molar-refractivity contribution in [3.63, 3.8) is 0 Å². The van der Waals surface area contributed by atoms with Gasteiger partial charge < -0.3 is 10.1 Å². The minimum atomic E-state index is -0.314. The number of nitrogens with zero attached hydrogens (tertiary/aromatic N) is 1. The molecule has 2 rings (SSSR count). The average Bonchev–Trinajstić information content (AvgIpc) is 2.48. The lowest BCUT2D eigenvalue weighted by atomic mass is 10.2. The zero-order valence-corrected chi connectivity index (χ0v) is 10.9. The second-order valence-corrected chi connectivity index (χ2v) is 4.18. The Morgan fingerprint density at radius 3 is 2.45 bits per heavy atom. The van der Waals surface area contributed by atoms with Gasteiger partial charge in [-0.25, -0.2) is 0 Å². The quantitative estimate of drug-likeness (QED) is 0.904. The van der Waals surface area contributed by atoms with Crippen LogP contribution >= 0.6 is 0 Å². The number of benzene rings is 2. The first-order valence-electron chi connectivity index (χ1n) is 6.21. The summed E-state index contributed by atoms with van der Waals surface area (Å²) >= 11 is 0. The predicted molar refractivity (Wildman–Crippen MR) is 76.1 cm³/mol. The molecule has 100 valence electrons. The van der Waals surface area contributed by atoms with Crippen LogP contribution in [0.4, 0.5) is 5.69 Å². The minimum absolute atomic E-state index is 0.147. The van der Waals surface area contributed by atoms with Gasteiger partial charge in [0.1, 0.15) is 18.8 Å². The Morgan fingerprint density at radius 1 is 1.10 bits per heavy atom. The molecule has 0 aromatic heterocycles. The zero-order valence-electron chi connectivity index (χ0n) is 10.9. The summed E-state index contributed by atoms with van der Waals surface area (Å²) in [6.07, 6.45) is -0.147. The summed E-state index contributed by atoms with van der Waals surface area (Å²) in [4.78, 5) is 11.2. The Labute approximate surface area is 117 Å². The van der Waals surface area contributed by atoms with Gasteiger partial charge in [0.05, 0.1) is 6.07 Å². The molecular weight excluding hydrogens is 252 g/mol. The molecule has 0 atom stereocenters. The lowest BCUT2D eigenvalue weighted by Gasteiger charge is -2.07. The third-order valence-corrected chi connectivity index (χ3v) is 2.63. The molecule has 0 aliphatic carbocycles. The zero-order chi connectivity index (χ0) is 14.2. The highest BCUT2D eigenvalue weighted by atomic mass is 16.5. The van der Waals surface area contributed by atoms with E-state index in [1.165, 1.54) is 0 Å². The lowest BCUT2D eigenvalue weighted by Crippen LogP contribution is -2.09. The van der Waals surface area contributed by atoms with Crippen LogP contribution in [0.1, 0.15) is 12.0 Å². The van der Waals surface area contributed by atoms with Crippen molar-refractivity contribution in [3.05, 3.63) is 60.2 Å². The second kappa shape index (κ2) is 6.95. The van der Waals surface area contributed by atoms with E-state index >= 15 is 0 Å². The fraction of sp³-hybridized carbons (Fsp3) is 0.125. The highest BCUT2D eigenvalue weighted by molar-refractivity contribution is 5.92. The summed E-state index contributed by atoms with van der Waals surface area (Å²) in [5, 5.41) is 11.0. The molecule has 4 nitrogen and oxygen atoms in total. The molecule has 0 spiro atoms. The Kier molecular flexibility index (Phi) is 4.74. The van der Waals surface area contributed by atoms with Crippen LogP contribution in [0.2, 0.25) is 0 Å². The number of nitriles is 1. The summed E-state index contributed by atoms with van der Waals surface area (Å²) in [5.41, 5.74) is 1.75. The molecule has 2 aromatic rings. The molecule has 0 aliphatic rings. The van der Waals surface area contributed by atoms with Crippen LogP contribution in [0.5, 0.6) is 5.75 Å². The molecule has 0 saturated heterocycles. The van der Waals surface area contributed by atoms with Gasteiger partial charge in [-0.15, -0.1) is 0 Å². The standard InChI is InChI=1S/C16H14N2O2/c17-11-10-16(19)18-14-6-8-15(9-7-14)20-12-13-4-2-1-3-5-13/h1-9H,10,12H2,(H,18,19). The van der Waals surface area contributed by atoms with E-state index in [0.29, 0.717) is 12.3 Å². The molecule has 0 bridgehead atoms. The third-order valence-electron chi connectivity index (χ3n) is 2.63. The lowest BCUT2D eigenvalue weighted by molar-refractivity contribution is -0.115. The largest absolute Gasteiger partial charge is 0.489 e. The molecule has 0 aliphatic heterocycles. The van der Waals surface area contributed by atoms with Gasteiger partial charge in [0, 0.05) is 5.69 Å². The Balaban J connectivity index is 1.89. The number of amides is 1. The number of ether oxygens (including phenoxy) is 1. The summed E-state index contributed by atoms with van der Waals surface area (Å²) in [6.45, 7) is 0.501. The fourth-order valence-electron chi connectivity index (χ4n) is 1.65. The Bertz CT molecular complexity index is 601. The van der Waals surface area contributed by atoms with Crippen LogP contribution in [0.3, 0.4) is 0 Å². The molecule has 1 N–H and O–H groups in total. The number of hydrogen-bond donors (Lipinski definition) is 1. The molecule has 1 amide bonds. The van der Waals surface area contributed by atoms with Gasteiger partial charge in [-0.2, -0.15) is 5.26 Å². The highest BCUT2D eigenvalue weighted by Gasteiger charge is 2.01. The van der Waals surface area contributed by atoms with Crippen molar-refractivity contribution in [3.8, 4) is 11.8 Å². The van der Waals surface area contributed by atoms with Gasteiger partial charge >= 0.3 is 0 Å². The van der Waals surface area contributed by atoms with Crippen molar-refractivity contribution >= 4 is 11.6 Å². The first-order valence-corrected chi connectivity index (χ1v) is 6.21. The maximum Gasteiger partial charge on any atom is 0.238 e. The minimum Gasteiger partial charge on any atom is -0.489 e. The van der Waals surface area contributed by atoms with Crippen molar-refractivity contribution < 1.29 is 9.53 Å². The fourth-order valence-corrected chi connectivity index (χ4v) is 1.65. The van der Waals surface area contributed by atoms with Crippen LogP contribution in [-0.2, 0) is 11.4 Å². The summed E-state index contributed by atoms with van der Waals surface area (Å²) in [6, 6.07) is 18.7. The van der Waals surface area contributed by atoms with Gasteiger partial charge in [0.2, 0.25) is 5.91 Å². The Hall–Kier alpha value is -2.80. The monoisotopic (exact) mass is 266 g/mol. The van der Waals surface area contributed by atoms with Crippen molar-refractivity contribution in [1.29, 1.82) is 5.26 Å². The smallest absolute Gasteiger partial charge is 0.238 e. The van der Waals surface area contributed by atoms with E-state index in [1.54, 1.807) is 30.3 Å². The number of rotatable bonds is 5. The molecule has 20 heavy (non-hydrogen) atoms. The second-order valence-electron chi connectivity index (χ2n) is 4.18. The topological polar surface area (TPSA) is 62.1 Å². The van der Waals surface area contributed by atoms with Gasteiger partial charge in [0.25, 0.3) is 0 Å². The molecule has 0 radical (unpaired) electrons. The van der Waals surface area contributed by atoms with Crippen molar-refractivity contribution in [2.75, 3.05) is 5.32 Å². The van der Waals surface area contributed by atoms with Crippen LogP contribution in [0.15, 0.2) is 54.6 Å². The van der Waals surface area contributed by atoms with Crippen LogP contribution in [-0.4, -0.2) is 5.91 Å². The van der Waals surface area contributed by atoms with Gasteiger partial charge in [-0.1, -0.05) is 30.3 Å². The number of anilines is 1. The first kappa shape index (κ1) is 13.6. The summed E-state index contributed by atoms with van der Waals surface area (Å²) < 4.78 is 5.63. The first-order chi connectivity index (χ1) is 9.78. The van der Waals surface area contributed by atoms with E-state index in [1.807, 2.05) is 30.3 Å².